The van der Waals surface area contributed by atoms with Gasteiger partial charge in [-0.1, -0.05) is 33.1 Å². The third-order valence-corrected chi connectivity index (χ3v) is 3.98. The highest BCUT2D eigenvalue weighted by Crippen LogP contribution is 2.11. The van der Waals surface area contributed by atoms with Crippen LogP contribution in [0.3, 0.4) is 0 Å². The molecule has 0 aliphatic rings. The number of ether oxygens (including phenoxy) is 1. The van der Waals surface area contributed by atoms with Crippen LogP contribution in [0.25, 0.3) is 0 Å². The summed E-state index contributed by atoms with van der Waals surface area (Å²) in [5, 5.41) is 3.59. The molecule has 0 saturated heterocycles. The zero-order chi connectivity index (χ0) is 17.1. The molecule has 23 heavy (non-hydrogen) atoms. The largest absolute Gasteiger partial charge is 0.497 e. The predicted octanol–water partition coefficient (Wildman–Crippen LogP) is 3.02. The first-order valence-electron chi connectivity index (χ1n) is 8.08. The number of nitrogens with one attached hydrogen (secondary N) is 3. The molecule has 6 heteroatoms. The maximum atomic E-state index is 12.0. The van der Waals surface area contributed by atoms with E-state index in [1.54, 1.807) is 31.4 Å². The molecule has 1 amide bonds. The average Bonchev–Trinajstić information content (AvgIpc) is 2.59. The van der Waals surface area contributed by atoms with E-state index in [1.165, 1.54) is 19.3 Å². The van der Waals surface area contributed by atoms with Gasteiger partial charge >= 0.3 is 0 Å². The van der Waals surface area contributed by atoms with Crippen LogP contribution < -0.4 is 20.9 Å². The number of benzene rings is 1. The SMILES string of the molecule is CCCC[C@H](CC)CNC(=S)NNC(=O)c1ccc(OC)cc1. The van der Waals surface area contributed by atoms with Crippen LogP contribution in [-0.2, 0) is 0 Å². The molecular weight excluding hydrogens is 310 g/mol. The van der Waals surface area contributed by atoms with E-state index in [0.29, 0.717) is 22.3 Å². The van der Waals surface area contributed by atoms with Gasteiger partial charge in [-0.15, -0.1) is 0 Å². The molecule has 0 radical (unpaired) electrons. The minimum atomic E-state index is -0.241. The summed E-state index contributed by atoms with van der Waals surface area (Å²) in [5.74, 6) is 1.08. The third-order valence-electron chi connectivity index (χ3n) is 3.74. The molecular formula is C17H27N3O2S. The van der Waals surface area contributed by atoms with E-state index < -0.39 is 0 Å². The summed E-state index contributed by atoms with van der Waals surface area (Å²) < 4.78 is 5.06. The van der Waals surface area contributed by atoms with Gasteiger partial charge in [0.1, 0.15) is 5.75 Å². The van der Waals surface area contributed by atoms with E-state index in [2.05, 4.69) is 30.0 Å². The van der Waals surface area contributed by atoms with E-state index >= 15 is 0 Å². The predicted molar refractivity (Wildman–Crippen MR) is 97.5 cm³/mol. The molecule has 1 aromatic carbocycles. The summed E-state index contributed by atoms with van der Waals surface area (Å²) in [7, 11) is 1.59. The highest BCUT2D eigenvalue weighted by Gasteiger charge is 2.08. The Bertz CT molecular complexity index is 491. The second kappa shape index (κ2) is 10.8. The second-order valence-electron chi connectivity index (χ2n) is 5.43. The number of methoxy groups -OCH3 is 1. The molecule has 0 unspecified atom stereocenters. The van der Waals surface area contributed by atoms with Crippen molar-refractivity contribution >= 4 is 23.2 Å². The summed E-state index contributed by atoms with van der Waals surface area (Å²) in [4.78, 5) is 12.0. The van der Waals surface area contributed by atoms with Crippen molar-refractivity contribution in [1.29, 1.82) is 0 Å². The molecule has 0 aliphatic carbocycles. The summed E-state index contributed by atoms with van der Waals surface area (Å²) in [5.41, 5.74) is 5.86. The van der Waals surface area contributed by atoms with Crippen molar-refractivity contribution in [3.8, 4) is 5.75 Å². The van der Waals surface area contributed by atoms with Crippen LogP contribution in [-0.4, -0.2) is 24.7 Å². The number of carbonyl (C=O) groups is 1. The van der Waals surface area contributed by atoms with Crippen LogP contribution >= 0.6 is 12.2 Å². The molecule has 0 saturated carbocycles. The lowest BCUT2D eigenvalue weighted by Gasteiger charge is -2.17. The Balaban J connectivity index is 2.32. The number of carbonyl (C=O) groups excluding carboxylic acids is 1. The maximum Gasteiger partial charge on any atom is 0.269 e. The van der Waals surface area contributed by atoms with Crippen molar-refractivity contribution < 1.29 is 9.53 Å². The van der Waals surface area contributed by atoms with Crippen LogP contribution in [0.15, 0.2) is 24.3 Å². The molecule has 0 heterocycles. The first kappa shape index (κ1) is 19.2. The van der Waals surface area contributed by atoms with Gasteiger partial charge in [0.25, 0.3) is 5.91 Å². The first-order chi connectivity index (χ1) is 11.1. The number of amides is 1. The highest BCUT2D eigenvalue weighted by molar-refractivity contribution is 7.80. The number of thiocarbonyl (C=S) groups is 1. The van der Waals surface area contributed by atoms with E-state index in [0.717, 1.165) is 13.0 Å². The summed E-state index contributed by atoms with van der Waals surface area (Å²) in [6, 6.07) is 6.88. The molecule has 3 N–H and O–H groups in total. The van der Waals surface area contributed by atoms with Crippen LogP contribution in [0.1, 0.15) is 49.9 Å². The molecule has 1 atom stereocenters. The zero-order valence-corrected chi connectivity index (χ0v) is 15.0. The molecule has 0 bridgehead atoms. The lowest BCUT2D eigenvalue weighted by molar-refractivity contribution is 0.0943. The Morgan fingerprint density at radius 3 is 2.48 bits per heavy atom. The third kappa shape index (κ3) is 7.32. The van der Waals surface area contributed by atoms with Crippen molar-refractivity contribution in [3.05, 3.63) is 29.8 Å². The van der Waals surface area contributed by atoms with Crippen molar-refractivity contribution in [1.82, 2.24) is 16.2 Å². The van der Waals surface area contributed by atoms with E-state index in [1.807, 2.05) is 0 Å². The normalized spacial score (nSPS) is 11.4. The molecule has 1 rings (SSSR count). The lowest BCUT2D eigenvalue weighted by atomic mass is 9.99. The molecule has 5 nitrogen and oxygen atoms in total. The van der Waals surface area contributed by atoms with Crippen molar-refractivity contribution in [3.63, 3.8) is 0 Å². The maximum absolute atomic E-state index is 12.0. The Morgan fingerprint density at radius 1 is 1.22 bits per heavy atom. The summed E-state index contributed by atoms with van der Waals surface area (Å²) >= 11 is 5.18. The molecule has 0 aliphatic heterocycles. The zero-order valence-electron chi connectivity index (χ0n) is 14.1. The minimum absolute atomic E-state index is 0.241. The van der Waals surface area contributed by atoms with E-state index in [9.17, 15) is 4.79 Å². The molecule has 128 valence electrons. The second-order valence-corrected chi connectivity index (χ2v) is 5.84. The van der Waals surface area contributed by atoms with Gasteiger partial charge in [-0.2, -0.15) is 0 Å². The van der Waals surface area contributed by atoms with Gasteiger partial charge < -0.3 is 10.1 Å². The average molecular weight is 337 g/mol. The Morgan fingerprint density at radius 2 is 1.91 bits per heavy atom. The topological polar surface area (TPSA) is 62.4 Å². The van der Waals surface area contributed by atoms with Crippen LogP contribution in [0, 0.1) is 5.92 Å². The quantitative estimate of drug-likeness (QED) is 0.503. The van der Waals surface area contributed by atoms with Crippen LogP contribution in [0.2, 0.25) is 0 Å². The highest BCUT2D eigenvalue weighted by atomic mass is 32.1. The Hall–Kier alpha value is -1.82. The van der Waals surface area contributed by atoms with Gasteiger partial charge in [-0.3, -0.25) is 15.6 Å². The lowest BCUT2D eigenvalue weighted by Crippen LogP contribution is -2.47. The van der Waals surface area contributed by atoms with Gasteiger partial charge in [0.05, 0.1) is 7.11 Å². The molecule has 0 spiro atoms. The Kier molecular flexibility index (Phi) is 9.05. The van der Waals surface area contributed by atoms with Gasteiger partial charge in [0, 0.05) is 12.1 Å². The molecule has 1 aromatic rings. The fourth-order valence-corrected chi connectivity index (χ4v) is 2.29. The fourth-order valence-electron chi connectivity index (χ4n) is 2.15. The van der Waals surface area contributed by atoms with Crippen molar-refractivity contribution in [2.45, 2.75) is 39.5 Å². The Labute approximate surface area is 144 Å². The monoisotopic (exact) mass is 337 g/mol. The van der Waals surface area contributed by atoms with E-state index in [4.69, 9.17) is 17.0 Å². The van der Waals surface area contributed by atoms with E-state index in [-0.39, 0.29) is 5.91 Å². The standard InChI is InChI=1S/C17H27N3O2S/c1-4-6-7-13(5-2)12-18-17(23)20-19-16(21)14-8-10-15(22-3)11-9-14/h8-11,13H,4-7,12H2,1-3H3,(H,19,21)(H2,18,20,23)/t13-/m0/s1. The number of rotatable bonds is 8. The van der Waals surface area contributed by atoms with Crippen LogP contribution in [0.4, 0.5) is 0 Å². The number of hydrazine groups is 1. The fraction of sp³-hybridized carbons (Fsp3) is 0.529. The first-order valence-corrected chi connectivity index (χ1v) is 8.49. The van der Waals surface area contributed by atoms with Crippen molar-refractivity contribution in [2.75, 3.05) is 13.7 Å². The smallest absolute Gasteiger partial charge is 0.269 e. The van der Waals surface area contributed by atoms with Crippen molar-refractivity contribution in [2.24, 2.45) is 5.92 Å². The number of hydrogen-bond donors (Lipinski definition) is 3. The van der Waals surface area contributed by atoms with Gasteiger partial charge in [0.2, 0.25) is 0 Å². The summed E-state index contributed by atoms with van der Waals surface area (Å²) in [6.45, 7) is 5.20. The van der Waals surface area contributed by atoms with Gasteiger partial charge in [-0.05, 0) is 48.8 Å². The van der Waals surface area contributed by atoms with Gasteiger partial charge in [-0.25, -0.2) is 0 Å². The van der Waals surface area contributed by atoms with Gasteiger partial charge in [0.15, 0.2) is 5.11 Å². The molecule has 0 aromatic heterocycles. The summed E-state index contributed by atoms with van der Waals surface area (Å²) in [6.07, 6.45) is 4.75. The number of unbranched alkanes of at least 4 members (excludes halogenated alkanes) is 1. The minimum Gasteiger partial charge on any atom is -0.497 e. The number of hydrogen-bond acceptors (Lipinski definition) is 3. The van der Waals surface area contributed by atoms with Crippen LogP contribution in [0.5, 0.6) is 5.75 Å². The molecule has 0 fully saturated rings.